The summed E-state index contributed by atoms with van der Waals surface area (Å²) in [5, 5.41) is 12.0. The average molecular weight is 246 g/mol. The molecule has 94 valence electrons. The number of nitrogens with one attached hydrogen (secondary N) is 1. The number of carbonyl (C=O) groups is 1. The smallest absolute Gasteiger partial charge is 0.372 e. The van der Waals surface area contributed by atoms with E-state index in [9.17, 15) is 4.79 Å². The van der Waals surface area contributed by atoms with E-state index in [4.69, 9.17) is 9.52 Å². The highest BCUT2D eigenvalue weighted by Crippen LogP contribution is 2.09. The number of carboxylic acids is 1. The van der Waals surface area contributed by atoms with Crippen LogP contribution in [0.1, 0.15) is 21.7 Å². The van der Waals surface area contributed by atoms with E-state index in [-0.39, 0.29) is 5.76 Å². The Labute approximate surface area is 104 Å². The lowest BCUT2D eigenvalue weighted by Gasteiger charge is -2.03. The highest BCUT2D eigenvalue weighted by Gasteiger charge is 2.12. The van der Waals surface area contributed by atoms with Crippen molar-refractivity contribution in [3.63, 3.8) is 0 Å². The fourth-order valence-electron chi connectivity index (χ4n) is 1.66. The van der Waals surface area contributed by atoms with Gasteiger partial charge in [-0.1, -0.05) is 6.07 Å². The summed E-state index contributed by atoms with van der Waals surface area (Å²) in [6, 6.07) is 5.57. The molecule has 2 heterocycles. The summed E-state index contributed by atoms with van der Waals surface area (Å²) in [5.41, 5.74) is 1.81. The molecule has 0 saturated heterocycles. The molecule has 5 heteroatoms. The SMILES string of the molecule is O=C(O)c1occc1CNCCc1cccnc1. The first-order valence-corrected chi connectivity index (χ1v) is 5.66. The zero-order valence-electron chi connectivity index (χ0n) is 9.80. The van der Waals surface area contributed by atoms with Crippen molar-refractivity contribution in [1.29, 1.82) is 0 Å². The lowest BCUT2D eigenvalue weighted by Crippen LogP contribution is -2.17. The molecule has 2 N–H and O–H groups in total. The molecule has 0 unspecified atom stereocenters. The van der Waals surface area contributed by atoms with Crippen molar-refractivity contribution >= 4 is 5.97 Å². The highest BCUT2D eigenvalue weighted by molar-refractivity contribution is 5.86. The molecule has 18 heavy (non-hydrogen) atoms. The second kappa shape index (κ2) is 5.97. The summed E-state index contributed by atoms with van der Waals surface area (Å²) in [6.07, 6.45) is 5.80. The van der Waals surface area contributed by atoms with Gasteiger partial charge in [0.1, 0.15) is 0 Å². The fraction of sp³-hybridized carbons (Fsp3) is 0.231. The fourth-order valence-corrected chi connectivity index (χ4v) is 1.66. The maximum absolute atomic E-state index is 10.8. The molecule has 0 radical (unpaired) electrons. The predicted molar refractivity (Wildman–Crippen MR) is 65.3 cm³/mol. The number of furan rings is 1. The van der Waals surface area contributed by atoms with Crippen molar-refractivity contribution in [1.82, 2.24) is 10.3 Å². The van der Waals surface area contributed by atoms with Gasteiger partial charge in [-0.2, -0.15) is 0 Å². The summed E-state index contributed by atoms with van der Waals surface area (Å²) in [6.45, 7) is 1.24. The van der Waals surface area contributed by atoms with Gasteiger partial charge in [-0.25, -0.2) is 4.79 Å². The number of nitrogens with zero attached hydrogens (tertiary/aromatic N) is 1. The van der Waals surface area contributed by atoms with Crippen LogP contribution in [0.25, 0.3) is 0 Å². The summed E-state index contributed by atoms with van der Waals surface area (Å²) in [7, 11) is 0. The zero-order valence-corrected chi connectivity index (χ0v) is 9.80. The second-order valence-corrected chi connectivity index (χ2v) is 3.87. The summed E-state index contributed by atoms with van der Waals surface area (Å²) in [5.74, 6) is -1.03. The maximum Gasteiger partial charge on any atom is 0.372 e. The van der Waals surface area contributed by atoms with Crippen molar-refractivity contribution in [2.45, 2.75) is 13.0 Å². The maximum atomic E-state index is 10.8. The van der Waals surface area contributed by atoms with Crippen LogP contribution in [0.2, 0.25) is 0 Å². The van der Waals surface area contributed by atoms with Crippen LogP contribution in [-0.4, -0.2) is 22.6 Å². The number of aromatic carboxylic acids is 1. The van der Waals surface area contributed by atoms with E-state index in [0.717, 1.165) is 18.5 Å². The van der Waals surface area contributed by atoms with Gasteiger partial charge in [0.2, 0.25) is 5.76 Å². The third kappa shape index (κ3) is 3.18. The van der Waals surface area contributed by atoms with Crippen LogP contribution < -0.4 is 5.32 Å². The first-order chi connectivity index (χ1) is 8.77. The summed E-state index contributed by atoms with van der Waals surface area (Å²) in [4.78, 5) is 14.8. The van der Waals surface area contributed by atoms with Crippen molar-refractivity contribution in [3.05, 3.63) is 53.7 Å². The Morgan fingerprint density at radius 2 is 2.33 bits per heavy atom. The van der Waals surface area contributed by atoms with E-state index in [2.05, 4.69) is 10.3 Å². The van der Waals surface area contributed by atoms with E-state index in [1.807, 2.05) is 18.3 Å². The molecule has 0 aliphatic heterocycles. The first kappa shape index (κ1) is 12.3. The predicted octanol–water partition coefficient (Wildman–Crippen LogP) is 1.71. The number of hydrogen-bond acceptors (Lipinski definition) is 4. The molecule has 0 bridgehead atoms. The van der Waals surface area contributed by atoms with Gasteiger partial charge in [-0.15, -0.1) is 0 Å². The summed E-state index contributed by atoms with van der Waals surface area (Å²) < 4.78 is 4.89. The molecule has 0 aromatic carbocycles. The van der Waals surface area contributed by atoms with Crippen LogP contribution >= 0.6 is 0 Å². The van der Waals surface area contributed by atoms with Gasteiger partial charge >= 0.3 is 5.97 Å². The van der Waals surface area contributed by atoms with E-state index >= 15 is 0 Å². The van der Waals surface area contributed by atoms with Gasteiger partial charge in [0.05, 0.1) is 6.26 Å². The number of rotatable bonds is 6. The molecular weight excluding hydrogens is 232 g/mol. The molecule has 5 nitrogen and oxygen atoms in total. The summed E-state index contributed by atoms with van der Waals surface area (Å²) >= 11 is 0. The van der Waals surface area contributed by atoms with Gasteiger partial charge < -0.3 is 14.8 Å². The molecule has 0 saturated carbocycles. The average Bonchev–Trinajstić information content (AvgIpc) is 2.84. The van der Waals surface area contributed by atoms with Gasteiger partial charge in [0.15, 0.2) is 0 Å². The number of hydrogen-bond donors (Lipinski definition) is 2. The van der Waals surface area contributed by atoms with Crippen LogP contribution in [0.5, 0.6) is 0 Å². The minimum atomic E-state index is -1.04. The molecule has 0 aliphatic carbocycles. The van der Waals surface area contributed by atoms with Gasteiger partial charge in [0.25, 0.3) is 0 Å². The minimum absolute atomic E-state index is 0.00359. The van der Waals surface area contributed by atoms with E-state index < -0.39 is 5.97 Å². The van der Waals surface area contributed by atoms with Crippen molar-refractivity contribution in [3.8, 4) is 0 Å². The molecule has 0 fully saturated rings. The van der Waals surface area contributed by atoms with Crippen molar-refractivity contribution in [2.24, 2.45) is 0 Å². The Morgan fingerprint density at radius 3 is 3.06 bits per heavy atom. The zero-order chi connectivity index (χ0) is 12.8. The Hall–Kier alpha value is -2.14. The Balaban J connectivity index is 1.79. The molecule has 0 amide bonds. The van der Waals surface area contributed by atoms with Crippen LogP contribution in [0, 0.1) is 0 Å². The first-order valence-electron chi connectivity index (χ1n) is 5.66. The van der Waals surface area contributed by atoms with E-state index in [0.29, 0.717) is 12.1 Å². The van der Waals surface area contributed by atoms with Crippen LogP contribution in [0.15, 0.2) is 41.3 Å². The number of aromatic nitrogens is 1. The molecule has 0 spiro atoms. The number of carboxylic acid groups (broad SMARTS) is 1. The standard InChI is InChI=1S/C13H14N2O3/c16-13(17)12-11(4-7-18-12)9-15-6-3-10-2-1-5-14-8-10/h1-2,4-5,7-8,15H,3,6,9H2,(H,16,17). The third-order valence-corrected chi connectivity index (χ3v) is 2.57. The van der Waals surface area contributed by atoms with Gasteiger partial charge in [-0.3, -0.25) is 4.98 Å². The highest BCUT2D eigenvalue weighted by atomic mass is 16.4. The lowest BCUT2D eigenvalue weighted by atomic mass is 10.2. The topological polar surface area (TPSA) is 75.4 Å². The van der Waals surface area contributed by atoms with Crippen LogP contribution in [-0.2, 0) is 13.0 Å². The Bertz CT molecular complexity index is 508. The number of pyridine rings is 1. The van der Waals surface area contributed by atoms with Gasteiger partial charge in [-0.05, 0) is 30.7 Å². The van der Waals surface area contributed by atoms with Crippen molar-refractivity contribution < 1.29 is 14.3 Å². The molecule has 0 aliphatic rings. The van der Waals surface area contributed by atoms with E-state index in [1.165, 1.54) is 6.26 Å². The third-order valence-electron chi connectivity index (χ3n) is 2.57. The normalized spacial score (nSPS) is 10.4. The quantitative estimate of drug-likeness (QED) is 0.759. The molecule has 2 aromatic rings. The van der Waals surface area contributed by atoms with Crippen LogP contribution in [0.3, 0.4) is 0 Å². The second-order valence-electron chi connectivity index (χ2n) is 3.87. The molecular formula is C13H14N2O3. The van der Waals surface area contributed by atoms with Gasteiger partial charge in [0, 0.05) is 24.5 Å². The lowest BCUT2D eigenvalue weighted by molar-refractivity contribution is 0.0660. The molecule has 2 aromatic heterocycles. The minimum Gasteiger partial charge on any atom is -0.475 e. The molecule has 2 rings (SSSR count). The van der Waals surface area contributed by atoms with E-state index in [1.54, 1.807) is 12.3 Å². The van der Waals surface area contributed by atoms with Crippen LogP contribution in [0.4, 0.5) is 0 Å². The monoisotopic (exact) mass is 246 g/mol. The Morgan fingerprint density at radius 1 is 1.44 bits per heavy atom. The largest absolute Gasteiger partial charge is 0.475 e. The van der Waals surface area contributed by atoms with Crippen molar-refractivity contribution in [2.75, 3.05) is 6.54 Å². The molecule has 0 atom stereocenters. The Kier molecular flexibility index (Phi) is 4.09.